The lowest BCUT2D eigenvalue weighted by Gasteiger charge is -2.15. The highest BCUT2D eigenvalue weighted by Gasteiger charge is 2.13. The topological polar surface area (TPSA) is 66.2 Å². The van der Waals surface area contributed by atoms with Crippen molar-refractivity contribution in [1.29, 1.82) is 0 Å². The van der Waals surface area contributed by atoms with Gasteiger partial charge in [-0.15, -0.1) is 12.8 Å². The number of pyridine rings is 1. The quantitative estimate of drug-likeness (QED) is 0.0916. The number of nitrogens with one attached hydrogen (secondary N) is 2. The Bertz CT molecular complexity index is 1490. The fourth-order valence-corrected chi connectivity index (χ4v) is 4.50. The minimum absolute atomic E-state index is 0.0955. The van der Waals surface area contributed by atoms with Crippen LogP contribution in [0, 0.1) is 31.4 Å². The monoisotopic (exact) mass is 655 g/mol. The molecule has 0 spiro atoms. The Labute approximate surface area is 289 Å². The van der Waals surface area contributed by atoms with Crippen molar-refractivity contribution in [2.24, 2.45) is 0 Å². The van der Waals surface area contributed by atoms with Crippen molar-refractivity contribution in [2.75, 3.05) is 31.2 Å². The van der Waals surface area contributed by atoms with Gasteiger partial charge in [-0.1, -0.05) is 65.6 Å². The number of aromatic nitrogens is 1. The van der Waals surface area contributed by atoms with E-state index >= 15 is 0 Å². The van der Waals surface area contributed by atoms with E-state index in [-0.39, 0.29) is 11.3 Å². The highest BCUT2D eigenvalue weighted by molar-refractivity contribution is 5.77. The van der Waals surface area contributed by atoms with Crippen molar-refractivity contribution >= 4 is 22.6 Å². The van der Waals surface area contributed by atoms with E-state index in [9.17, 15) is 8.78 Å². The molecule has 2 aromatic carbocycles. The molecule has 0 aliphatic rings. The Morgan fingerprint density at radius 3 is 2.10 bits per heavy atom. The molecule has 0 saturated heterocycles. The number of halogens is 2. The van der Waals surface area contributed by atoms with Crippen LogP contribution in [0.3, 0.4) is 0 Å². The first kappa shape index (κ1) is 43.1. The standard InChI is InChI=1S/C30H30F2N4.C7H17N.C2H6.C2H2/c1-6-22(17-25(7-2)36-21(5)30-27(31)9-8-10-28(30)32)23-12-14-29(33)24(16-23)15-20(4)35-26-13-11-19(3)34-18-26;1-4-6-8(3)7-5-2;2*1-2/h6-14,16-18,35-36H,2,4-5,15,33H2,1,3H3;4-7H2,1-3H3;1-2H3;1-2H/b22-6+,25-17+;;;. The van der Waals surface area contributed by atoms with Crippen molar-refractivity contribution in [1.82, 2.24) is 15.2 Å². The lowest BCUT2D eigenvalue weighted by Crippen LogP contribution is -2.19. The number of rotatable bonds is 14. The summed E-state index contributed by atoms with van der Waals surface area (Å²) in [6, 6.07) is 13.3. The summed E-state index contributed by atoms with van der Waals surface area (Å²) in [6.45, 7) is 26.5. The Kier molecular flexibility index (Phi) is 21.8. The predicted octanol–water partition coefficient (Wildman–Crippen LogP) is 10.2. The van der Waals surface area contributed by atoms with Crippen molar-refractivity contribution in [3.63, 3.8) is 0 Å². The molecule has 7 heteroatoms. The van der Waals surface area contributed by atoms with E-state index in [1.165, 1.54) is 44.1 Å². The summed E-state index contributed by atoms with van der Waals surface area (Å²) in [5, 5.41) is 6.22. The second-order valence-corrected chi connectivity index (χ2v) is 10.6. The SMILES string of the molecule is C#C.C=C/C(=C\C(=C/C)c1ccc(N)c(CC(=C)Nc2ccc(C)nc2)c1)NC(=C)c1c(F)cccc1F.CC.CCCN(C)CCC. The first-order valence-corrected chi connectivity index (χ1v) is 16.2. The van der Waals surface area contributed by atoms with Crippen molar-refractivity contribution in [3.8, 4) is 12.8 Å². The largest absolute Gasteiger partial charge is 0.398 e. The number of allylic oxidation sites excluding steroid dienone is 5. The average Bonchev–Trinajstić information content (AvgIpc) is 3.07. The van der Waals surface area contributed by atoms with Crippen LogP contribution in [0.5, 0.6) is 0 Å². The van der Waals surface area contributed by atoms with Crippen LogP contribution in [0.25, 0.3) is 11.3 Å². The summed E-state index contributed by atoms with van der Waals surface area (Å²) in [5.41, 5.74) is 12.6. The van der Waals surface area contributed by atoms with Crippen LogP contribution >= 0.6 is 0 Å². The fourth-order valence-electron chi connectivity index (χ4n) is 4.50. The number of hydrogen-bond donors (Lipinski definition) is 3. The summed E-state index contributed by atoms with van der Waals surface area (Å²) in [4.78, 5) is 6.65. The smallest absolute Gasteiger partial charge is 0.135 e. The van der Waals surface area contributed by atoms with Crippen LogP contribution in [0.1, 0.15) is 69.8 Å². The van der Waals surface area contributed by atoms with Crippen molar-refractivity contribution < 1.29 is 8.78 Å². The molecular formula is C41H55F2N5. The third-order valence-corrected chi connectivity index (χ3v) is 6.72. The van der Waals surface area contributed by atoms with E-state index in [4.69, 9.17) is 5.73 Å². The van der Waals surface area contributed by atoms with Crippen LogP contribution in [0.2, 0.25) is 0 Å². The highest BCUT2D eigenvalue weighted by atomic mass is 19.1. The van der Waals surface area contributed by atoms with Gasteiger partial charge in [0.15, 0.2) is 0 Å². The molecule has 1 aromatic heterocycles. The van der Waals surface area contributed by atoms with E-state index in [0.717, 1.165) is 33.8 Å². The van der Waals surface area contributed by atoms with Crippen LogP contribution in [0.4, 0.5) is 20.2 Å². The molecule has 0 aliphatic carbocycles. The predicted molar refractivity (Wildman–Crippen MR) is 206 cm³/mol. The summed E-state index contributed by atoms with van der Waals surface area (Å²) in [6.07, 6.45) is 18.1. The summed E-state index contributed by atoms with van der Waals surface area (Å²) in [7, 11) is 2.17. The number of anilines is 2. The van der Waals surface area contributed by atoms with Gasteiger partial charge in [-0.05, 0) is 112 Å². The normalized spacial score (nSPS) is 10.7. The van der Waals surface area contributed by atoms with E-state index in [2.05, 4.69) is 74.0 Å². The molecule has 0 bridgehead atoms. The maximum absolute atomic E-state index is 14.2. The average molecular weight is 656 g/mol. The minimum Gasteiger partial charge on any atom is -0.398 e. The van der Waals surface area contributed by atoms with E-state index < -0.39 is 11.6 Å². The third kappa shape index (κ3) is 15.1. The zero-order chi connectivity index (χ0) is 36.6. The van der Waals surface area contributed by atoms with Gasteiger partial charge in [-0.25, -0.2) is 8.78 Å². The zero-order valence-corrected chi connectivity index (χ0v) is 30.0. The van der Waals surface area contributed by atoms with Gasteiger partial charge in [0, 0.05) is 34.9 Å². The molecule has 4 N–H and O–H groups in total. The molecule has 3 aromatic rings. The Balaban J connectivity index is 0.00000159. The van der Waals surface area contributed by atoms with Gasteiger partial charge in [0.05, 0.1) is 17.4 Å². The number of aryl methyl sites for hydroxylation is 1. The number of nitrogens with zero attached hydrogens (tertiary/aromatic N) is 2. The molecule has 0 radical (unpaired) electrons. The molecule has 0 aliphatic heterocycles. The lowest BCUT2D eigenvalue weighted by molar-refractivity contribution is 0.335. The fraction of sp³-hybridized carbons (Fsp3) is 0.293. The number of terminal acetylenes is 1. The van der Waals surface area contributed by atoms with Gasteiger partial charge in [0.1, 0.15) is 11.6 Å². The van der Waals surface area contributed by atoms with Gasteiger partial charge in [0.2, 0.25) is 0 Å². The van der Waals surface area contributed by atoms with E-state index in [1.54, 1.807) is 12.3 Å². The zero-order valence-electron chi connectivity index (χ0n) is 30.0. The first-order valence-electron chi connectivity index (χ1n) is 16.2. The van der Waals surface area contributed by atoms with Gasteiger partial charge >= 0.3 is 0 Å². The maximum atomic E-state index is 14.2. The van der Waals surface area contributed by atoms with E-state index in [1.807, 2.05) is 70.2 Å². The maximum Gasteiger partial charge on any atom is 0.135 e. The van der Waals surface area contributed by atoms with Gasteiger partial charge in [-0.2, -0.15) is 0 Å². The van der Waals surface area contributed by atoms with Gasteiger partial charge < -0.3 is 21.3 Å². The molecule has 5 nitrogen and oxygen atoms in total. The van der Waals surface area contributed by atoms with E-state index in [0.29, 0.717) is 17.8 Å². The van der Waals surface area contributed by atoms with Crippen LogP contribution in [-0.2, 0) is 6.42 Å². The molecule has 48 heavy (non-hydrogen) atoms. The number of hydrogen-bond acceptors (Lipinski definition) is 5. The molecule has 0 saturated carbocycles. The summed E-state index contributed by atoms with van der Waals surface area (Å²) in [5.74, 6) is -1.39. The van der Waals surface area contributed by atoms with Gasteiger partial charge in [0.25, 0.3) is 0 Å². The lowest BCUT2D eigenvalue weighted by atomic mass is 9.98. The molecule has 0 unspecified atom stereocenters. The van der Waals surface area contributed by atoms with Crippen molar-refractivity contribution in [3.05, 3.63) is 138 Å². The number of benzene rings is 2. The molecule has 0 atom stereocenters. The second kappa shape index (κ2) is 24.3. The third-order valence-electron chi connectivity index (χ3n) is 6.72. The first-order chi connectivity index (χ1) is 23.0. The summed E-state index contributed by atoms with van der Waals surface area (Å²) < 4.78 is 28.3. The van der Waals surface area contributed by atoms with Crippen LogP contribution in [0.15, 0.2) is 104 Å². The Morgan fingerprint density at radius 2 is 1.60 bits per heavy atom. The van der Waals surface area contributed by atoms with Crippen LogP contribution < -0.4 is 16.4 Å². The number of nitrogen functional groups attached to an aromatic ring is 1. The molecule has 0 fully saturated rings. The van der Waals surface area contributed by atoms with Gasteiger partial charge in [-0.3, -0.25) is 4.98 Å². The Morgan fingerprint density at radius 1 is 1.00 bits per heavy atom. The molecule has 1 heterocycles. The van der Waals surface area contributed by atoms with Crippen LogP contribution in [-0.4, -0.2) is 30.0 Å². The minimum atomic E-state index is -0.694. The second-order valence-electron chi connectivity index (χ2n) is 10.6. The Hall–Kier alpha value is -4.93. The molecule has 3 rings (SSSR count). The summed E-state index contributed by atoms with van der Waals surface area (Å²) >= 11 is 0. The van der Waals surface area contributed by atoms with Crippen molar-refractivity contribution in [2.45, 2.75) is 60.8 Å². The molecular weight excluding hydrogens is 600 g/mol. The molecule has 0 amide bonds. The highest BCUT2D eigenvalue weighted by Crippen LogP contribution is 2.26. The number of nitrogens with two attached hydrogens (primary N) is 1. The molecule has 258 valence electrons.